The van der Waals surface area contributed by atoms with E-state index in [2.05, 4.69) is 58.5 Å². The van der Waals surface area contributed by atoms with Gasteiger partial charge in [0.05, 0.1) is 17.8 Å². The number of carbonyl (C=O) groups excluding carboxylic acids is 11. The molecule has 0 saturated carbocycles. The summed E-state index contributed by atoms with van der Waals surface area (Å²) in [7, 11) is 0. The summed E-state index contributed by atoms with van der Waals surface area (Å²) in [5.74, 6) is -11.1. The van der Waals surface area contributed by atoms with Crippen molar-refractivity contribution in [3.05, 3.63) is 35.4 Å². The number of unbranched alkanes of at least 4 members (excludes halogenated alkanes) is 4. The first-order valence-corrected chi connectivity index (χ1v) is 29.9. The predicted molar refractivity (Wildman–Crippen MR) is 317 cm³/mol. The van der Waals surface area contributed by atoms with Crippen molar-refractivity contribution in [3.63, 3.8) is 0 Å². The number of halogens is 3. The second-order valence-corrected chi connectivity index (χ2v) is 22.2. The Balaban J connectivity index is 2.75. The maximum absolute atomic E-state index is 14.5. The van der Waals surface area contributed by atoms with Gasteiger partial charge in [-0.2, -0.15) is 13.2 Å². The molecule has 0 aromatic heterocycles. The molecule has 498 valence electrons. The van der Waals surface area contributed by atoms with Gasteiger partial charge in [0, 0.05) is 19.4 Å². The minimum atomic E-state index is -4.74. The molecule has 32 heteroatoms. The Bertz CT molecular complexity index is 2440. The van der Waals surface area contributed by atoms with Crippen molar-refractivity contribution in [1.82, 2.24) is 58.5 Å². The molecule has 88 heavy (non-hydrogen) atoms. The Morgan fingerprint density at radius 2 is 1.06 bits per heavy atom. The summed E-state index contributed by atoms with van der Waals surface area (Å²) in [4.78, 5) is 154. The molecule has 1 aliphatic heterocycles. The average molecular weight is 1260 g/mol. The van der Waals surface area contributed by atoms with E-state index in [1.54, 1.807) is 13.8 Å². The smallest absolute Gasteiger partial charge is 0.391 e. The van der Waals surface area contributed by atoms with Gasteiger partial charge in [-0.1, -0.05) is 58.6 Å². The molecule has 23 N–H and O–H groups in total. The van der Waals surface area contributed by atoms with Crippen LogP contribution in [0.1, 0.15) is 129 Å². The molecule has 2 rings (SSSR count). The Morgan fingerprint density at radius 3 is 1.55 bits per heavy atom. The SMILES string of the molecule is CCCCCCCC(=O)N[C@@H](CCN)C(=O)N[C@H](C(=O)N[C@@H](CCN)C(=O)N[C@H]1CCNC(=O)[C@H]([C@@H](C)O)NC(=O)[C@H](CCN)NC(=O)[C@H](CCN)NC(=O)[C@H](CC(C)C)NC(=O)[C@@H](Cc2ccc(C(F)(F)F)cc2)NC(=O)[C@@H](CCN)NC1=O)[C@H](C)O. The third-order valence-electron chi connectivity index (χ3n) is 14.2. The number of rotatable bonds is 29. The van der Waals surface area contributed by atoms with Gasteiger partial charge in [-0.15, -0.1) is 0 Å². The number of aliphatic hydroxyl groups excluding tert-OH is 2. The second kappa shape index (κ2) is 39.7. The van der Waals surface area contributed by atoms with Crippen molar-refractivity contribution in [2.24, 2.45) is 34.6 Å². The van der Waals surface area contributed by atoms with Crippen LogP contribution < -0.4 is 87.2 Å². The van der Waals surface area contributed by atoms with Crippen LogP contribution in [0.5, 0.6) is 0 Å². The first-order valence-electron chi connectivity index (χ1n) is 29.9. The average Bonchev–Trinajstić information content (AvgIpc) is 3.52. The molecule has 29 nitrogen and oxygen atoms in total. The molecule has 11 amide bonds. The molecule has 0 spiro atoms. The van der Waals surface area contributed by atoms with Crippen LogP contribution in [0, 0.1) is 5.92 Å². The van der Waals surface area contributed by atoms with E-state index in [4.69, 9.17) is 28.7 Å². The Kier molecular flexibility index (Phi) is 34.8. The summed E-state index contributed by atoms with van der Waals surface area (Å²) in [5.41, 5.74) is 28.3. The van der Waals surface area contributed by atoms with Gasteiger partial charge >= 0.3 is 6.18 Å². The lowest BCUT2D eigenvalue weighted by Crippen LogP contribution is -2.62. The molecule has 1 aromatic carbocycles. The monoisotopic (exact) mass is 1260 g/mol. The molecule has 0 unspecified atom stereocenters. The van der Waals surface area contributed by atoms with Gasteiger partial charge in [0.25, 0.3) is 0 Å². The van der Waals surface area contributed by atoms with Crippen LogP contribution in [0.2, 0.25) is 0 Å². The molecular formula is C56H95F3N16O13. The number of benzene rings is 1. The Hall–Kier alpha value is -7.10. The Morgan fingerprint density at radius 1 is 0.580 bits per heavy atom. The van der Waals surface area contributed by atoms with E-state index >= 15 is 0 Å². The van der Waals surface area contributed by atoms with E-state index < -0.39 is 169 Å². The minimum absolute atomic E-state index is 0.0470. The predicted octanol–water partition coefficient (Wildman–Crippen LogP) is -4.47. The van der Waals surface area contributed by atoms with Gasteiger partial charge in [0.15, 0.2) is 0 Å². The van der Waals surface area contributed by atoms with Crippen LogP contribution in [0.15, 0.2) is 24.3 Å². The Labute approximate surface area is 510 Å². The largest absolute Gasteiger partial charge is 0.416 e. The number of hydrogen-bond acceptors (Lipinski definition) is 18. The van der Waals surface area contributed by atoms with E-state index in [1.807, 2.05) is 6.92 Å². The number of nitrogens with two attached hydrogens (primary N) is 5. The lowest BCUT2D eigenvalue weighted by atomic mass is 9.99. The van der Waals surface area contributed by atoms with Gasteiger partial charge in [0.2, 0.25) is 65.0 Å². The highest BCUT2D eigenvalue weighted by Crippen LogP contribution is 2.29. The second-order valence-electron chi connectivity index (χ2n) is 22.2. The van der Waals surface area contributed by atoms with Gasteiger partial charge in [0.1, 0.15) is 60.4 Å². The number of aliphatic hydroxyl groups is 2. The third kappa shape index (κ3) is 27.1. The molecular weight excluding hydrogens is 1160 g/mol. The van der Waals surface area contributed by atoms with Crippen LogP contribution in [0.3, 0.4) is 0 Å². The highest BCUT2D eigenvalue weighted by Gasteiger charge is 2.38. The molecule has 0 aliphatic carbocycles. The zero-order valence-electron chi connectivity index (χ0n) is 50.9. The van der Waals surface area contributed by atoms with Crippen molar-refractivity contribution in [3.8, 4) is 0 Å². The van der Waals surface area contributed by atoms with Gasteiger partial charge < -0.3 is 97.4 Å². The zero-order valence-corrected chi connectivity index (χ0v) is 50.9. The molecule has 1 aliphatic rings. The fraction of sp³-hybridized carbons (Fsp3) is 0.696. The summed E-state index contributed by atoms with van der Waals surface area (Å²) in [6.07, 6.45) is -5.90. The van der Waals surface area contributed by atoms with Gasteiger partial charge in [-0.05, 0) is 122 Å². The summed E-state index contributed by atoms with van der Waals surface area (Å²) >= 11 is 0. The first-order chi connectivity index (χ1) is 41.5. The molecule has 0 bridgehead atoms. The highest BCUT2D eigenvalue weighted by molar-refractivity contribution is 5.99. The normalized spacial score (nSPS) is 22.4. The molecule has 1 heterocycles. The molecule has 1 aromatic rings. The topological polar surface area (TPSA) is 491 Å². The molecule has 0 radical (unpaired) electrons. The lowest BCUT2D eigenvalue weighted by molar-refractivity contribution is -0.137. The van der Waals surface area contributed by atoms with E-state index in [9.17, 15) is 76.1 Å². The van der Waals surface area contributed by atoms with E-state index in [1.165, 1.54) is 6.92 Å². The number of carbonyl (C=O) groups is 11. The summed E-state index contributed by atoms with van der Waals surface area (Å²) in [6.45, 7) is 6.22. The van der Waals surface area contributed by atoms with Crippen molar-refractivity contribution >= 4 is 65.0 Å². The first kappa shape index (κ1) is 77.0. The zero-order chi connectivity index (χ0) is 66.3. The van der Waals surface area contributed by atoms with Crippen molar-refractivity contribution in [1.29, 1.82) is 0 Å². The molecule has 1 saturated heterocycles. The van der Waals surface area contributed by atoms with Crippen LogP contribution in [-0.4, -0.2) is 187 Å². The number of alkyl halides is 3. The van der Waals surface area contributed by atoms with Crippen molar-refractivity contribution < 1.29 is 76.1 Å². The number of amides is 11. The van der Waals surface area contributed by atoms with Crippen molar-refractivity contribution in [2.75, 3.05) is 39.3 Å². The fourth-order valence-corrected chi connectivity index (χ4v) is 9.24. The number of nitrogens with one attached hydrogen (secondary N) is 11. The van der Waals surface area contributed by atoms with Crippen LogP contribution in [0.4, 0.5) is 13.2 Å². The molecule has 12 atom stereocenters. The maximum atomic E-state index is 14.5. The summed E-state index contributed by atoms with van der Waals surface area (Å²) in [6, 6.07) is -12.2. The standard InChI is InChI=1S/C56H95F3N16O13/c1-6-7-8-9-10-11-43(78)66-35(16-22-60)50(83)75-45(32(5)77)55(88)71-38(19-25-63)47(80)70-40-21-27-65-54(87)44(31(4)76)74-51(84)39(20-26-64)68-46(79)36(17-23-61)69-52(85)41(28-30(2)3)72-53(86)42(73-48(81)37(18-24-62)67-49(40)82)29-33-12-14-34(15-13-33)56(57,58)59/h12-15,30-32,35-42,44-45,76-77H,6-11,16-29,60-64H2,1-5H3,(H,65,87)(H,66,78)(H,67,82)(H,68,79)(H,69,85)(H,70,80)(H,71,88)(H,72,86)(H,73,81)(H,74,84)(H,75,83)/t31-,32+,35+,36+,37-,38+,39+,40+,41+,42-,44+,45+/m1/s1. The van der Waals surface area contributed by atoms with Crippen molar-refractivity contribution in [2.45, 2.75) is 203 Å². The van der Waals surface area contributed by atoms with E-state index in [0.29, 0.717) is 6.42 Å². The fourth-order valence-electron chi connectivity index (χ4n) is 9.24. The highest BCUT2D eigenvalue weighted by atomic mass is 19.4. The van der Waals surface area contributed by atoms with E-state index in [0.717, 1.165) is 56.9 Å². The molecule has 1 fully saturated rings. The van der Waals surface area contributed by atoms with Crippen LogP contribution in [0.25, 0.3) is 0 Å². The van der Waals surface area contributed by atoms with Gasteiger partial charge in [-0.25, -0.2) is 0 Å². The summed E-state index contributed by atoms with van der Waals surface area (Å²) < 4.78 is 40.9. The van der Waals surface area contributed by atoms with Crippen LogP contribution in [-0.2, 0) is 65.3 Å². The third-order valence-corrected chi connectivity index (χ3v) is 14.2. The quantitative estimate of drug-likeness (QED) is 0.0336. The van der Waals surface area contributed by atoms with E-state index in [-0.39, 0.29) is 89.2 Å². The number of hydrogen-bond donors (Lipinski definition) is 18. The van der Waals surface area contributed by atoms with Crippen LogP contribution >= 0.6 is 0 Å². The summed E-state index contributed by atoms with van der Waals surface area (Å²) in [5, 5.41) is 48.8. The maximum Gasteiger partial charge on any atom is 0.416 e. The lowest BCUT2D eigenvalue weighted by Gasteiger charge is -2.29. The minimum Gasteiger partial charge on any atom is -0.391 e. The van der Waals surface area contributed by atoms with Gasteiger partial charge in [-0.3, -0.25) is 52.7 Å².